The molecule has 1 fully saturated rings. The van der Waals surface area contributed by atoms with E-state index < -0.39 is 23.3 Å². The van der Waals surface area contributed by atoms with E-state index in [1.807, 2.05) is 0 Å². The van der Waals surface area contributed by atoms with Crippen molar-refractivity contribution in [2.24, 2.45) is 0 Å². The minimum Gasteiger partial charge on any atom is -0.368 e. The van der Waals surface area contributed by atoms with Gasteiger partial charge in [0.1, 0.15) is 35.7 Å². The van der Waals surface area contributed by atoms with Crippen molar-refractivity contribution in [1.29, 1.82) is 0 Å². The van der Waals surface area contributed by atoms with Crippen LogP contribution in [-0.4, -0.2) is 12.9 Å². The molecule has 110 valence electrons. The number of hydrogen-bond acceptors (Lipinski definition) is 2. The van der Waals surface area contributed by atoms with E-state index in [0.717, 1.165) is 18.2 Å². The van der Waals surface area contributed by atoms with E-state index in [0.29, 0.717) is 24.5 Å². The molecule has 0 amide bonds. The maximum atomic E-state index is 12.5. The van der Waals surface area contributed by atoms with Crippen LogP contribution in [0, 0.1) is 23.3 Å². The Kier molecular flexibility index (Phi) is 4.70. The molecule has 1 atom stereocenters. The third-order valence-corrected chi connectivity index (χ3v) is 2.61. The second kappa shape index (κ2) is 6.49. The molecule has 0 aromatic heterocycles. The molecule has 1 aliphatic heterocycles. The molecule has 1 heterocycles. The summed E-state index contributed by atoms with van der Waals surface area (Å²) < 4.78 is 54.3. The summed E-state index contributed by atoms with van der Waals surface area (Å²) in [5.41, 5.74) is 0.597. The number of ether oxygens (including phenoxy) is 1. The van der Waals surface area contributed by atoms with Crippen LogP contribution in [0.3, 0.4) is 0 Å². The third-order valence-electron chi connectivity index (χ3n) is 2.61. The van der Waals surface area contributed by atoms with Crippen LogP contribution in [0.15, 0.2) is 36.4 Å². The van der Waals surface area contributed by atoms with Gasteiger partial charge < -0.3 is 4.74 Å². The fourth-order valence-corrected chi connectivity index (χ4v) is 1.64. The molecule has 0 aliphatic carbocycles. The van der Waals surface area contributed by atoms with Gasteiger partial charge in [0, 0.05) is 17.7 Å². The van der Waals surface area contributed by atoms with Crippen LogP contribution in [0.4, 0.5) is 17.6 Å². The molecular formula is C15H10F4O2. The predicted molar refractivity (Wildman–Crippen MR) is 66.8 cm³/mol. The van der Waals surface area contributed by atoms with Crippen LogP contribution in [-0.2, 0) is 4.74 Å². The standard InChI is InChI=1S/C8H6F2O.C7H4F2O/c9-6-1-5(8-4-11-8)2-7(10)3-6;8-6-1-5(4-10)2-7(9)3-6/h1-3,8H,4H2;1-4H. The zero-order valence-corrected chi connectivity index (χ0v) is 10.7. The molecular weight excluding hydrogens is 288 g/mol. The Morgan fingerprint density at radius 1 is 0.857 bits per heavy atom. The second-order valence-corrected chi connectivity index (χ2v) is 4.35. The molecule has 6 heteroatoms. The summed E-state index contributed by atoms with van der Waals surface area (Å²) in [5.74, 6) is -2.56. The first-order chi connectivity index (χ1) is 9.97. The van der Waals surface area contributed by atoms with Crippen molar-refractivity contribution in [3.63, 3.8) is 0 Å². The van der Waals surface area contributed by atoms with Crippen LogP contribution >= 0.6 is 0 Å². The number of epoxide rings is 1. The summed E-state index contributed by atoms with van der Waals surface area (Å²) in [6, 6.07) is 6.09. The zero-order valence-electron chi connectivity index (χ0n) is 10.7. The van der Waals surface area contributed by atoms with E-state index in [1.165, 1.54) is 12.1 Å². The van der Waals surface area contributed by atoms with Crippen molar-refractivity contribution in [2.45, 2.75) is 6.10 Å². The summed E-state index contributed by atoms with van der Waals surface area (Å²) in [7, 11) is 0. The normalized spacial score (nSPS) is 15.9. The second-order valence-electron chi connectivity index (χ2n) is 4.35. The average molecular weight is 298 g/mol. The van der Waals surface area contributed by atoms with Crippen LogP contribution in [0.5, 0.6) is 0 Å². The Morgan fingerprint density at radius 3 is 1.67 bits per heavy atom. The molecule has 2 nitrogen and oxygen atoms in total. The van der Waals surface area contributed by atoms with Crippen LogP contribution < -0.4 is 0 Å². The number of rotatable bonds is 2. The summed E-state index contributed by atoms with van der Waals surface area (Å²) in [4.78, 5) is 9.98. The Hall–Kier alpha value is -2.21. The molecule has 0 saturated carbocycles. The number of carbonyl (C=O) groups excluding carboxylic acids is 1. The lowest BCUT2D eigenvalue weighted by atomic mass is 10.1. The van der Waals surface area contributed by atoms with Crippen molar-refractivity contribution >= 4 is 6.29 Å². The molecule has 0 bridgehead atoms. The van der Waals surface area contributed by atoms with Crippen molar-refractivity contribution in [2.75, 3.05) is 6.61 Å². The highest BCUT2D eigenvalue weighted by molar-refractivity contribution is 5.74. The van der Waals surface area contributed by atoms with Crippen LogP contribution in [0.25, 0.3) is 0 Å². The van der Waals surface area contributed by atoms with E-state index in [1.54, 1.807) is 0 Å². The van der Waals surface area contributed by atoms with Crippen LogP contribution in [0.2, 0.25) is 0 Å². The highest BCUT2D eigenvalue weighted by Gasteiger charge is 2.25. The Labute approximate surface area is 118 Å². The van der Waals surface area contributed by atoms with Crippen molar-refractivity contribution in [3.05, 3.63) is 70.8 Å². The maximum Gasteiger partial charge on any atom is 0.150 e. The minimum absolute atomic E-state index is 0.0116. The lowest BCUT2D eigenvalue weighted by Gasteiger charge is -1.95. The monoisotopic (exact) mass is 298 g/mol. The zero-order chi connectivity index (χ0) is 15.4. The number of halogens is 4. The third kappa shape index (κ3) is 4.68. The molecule has 1 saturated heterocycles. The average Bonchev–Trinajstić information content (AvgIpc) is 3.21. The maximum absolute atomic E-state index is 12.5. The number of carbonyl (C=O) groups is 1. The van der Waals surface area contributed by atoms with E-state index in [4.69, 9.17) is 4.74 Å². The first-order valence-electron chi connectivity index (χ1n) is 5.97. The van der Waals surface area contributed by atoms with Gasteiger partial charge in [-0.25, -0.2) is 17.6 Å². The Bertz CT molecular complexity index is 614. The summed E-state index contributed by atoms with van der Waals surface area (Å²) >= 11 is 0. The lowest BCUT2D eigenvalue weighted by Crippen LogP contribution is -1.85. The number of hydrogen-bond donors (Lipinski definition) is 0. The van der Waals surface area contributed by atoms with E-state index in [-0.39, 0.29) is 11.7 Å². The van der Waals surface area contributed by atoms with Gasteiger partial charge in [-0.3, -0.25) is 4.79 Å². The molecule has 0 spiro atoms. The van der Waals surface area contributed by atoms with E-state index in [9.17, 15) is 22.4 Å². The molecule has 0 radical (unpaired) electrons. The summed E-state index contributed by atoms with van der Waals surface area (Å²) in [6.07, 6.45) is 0.312. The Morgan fingerprint density at radius 2 is 1.29 bits per heavy atom. The molecule has 2 aromatic rings. The lowest BCUT2D eigenvalue weighted by molar-refractivity contribution is 0.112. The van der Waals surface area contributed by atoms with Crippen LogP contribution in [0.1, 0.15) is 22.0 Å². The van der Waals surface area contributed by atoms with E-state index >= 15 is 0 Å². The topological polar surface area (TPSA) is 29.6 Å². The molecule has 2 aromatic carbocycles. The van der Waals surface area contributed by atoms with Gasteiger partial charge in [0.15, 0.2) is 0 Å². The van der Waals surface area contributed by atoms with Gasteiger partial charge in [0.2, 0.25) is 0 Å². The van der Waals surface area contributed by atoms with Gasteiger partial charge in [-0.2, -0.15) is 0 Å². The van der Waals surface area contributed by atoms with Gasteiger partial charge >= 0.3 is 0 Å². The van der Waals surface area contributed by atoms with Crippen molar-refractivity contribution in [3.8, 4) is 0 Å². The molecule has 21 heavy (non-hydrogen) atoms. The quantitative estimate of drug-likeness (QED) is 0.479. The first-order valence-corrected chi connectivity index (χ1v) is 5.97. The Balaban J connectivity index is 0.000000155. The highest BCUT2D eigenvalue weighted by Crippen LogP contribution is 2.30. The van der Waals surface area contributed by atoms with Gasteiger partial charge in [-0.1, -0.05) is 0 Å². The fourth-order valence-electron chi connectivity index (χ4n) is 1.64. The smallest absolute Gasteiger partial charge is 0.150 e. The summed E-state index contributed by atoms with van der Waals surface area (Å²) in [6.45, 7) is 0.572. The molecule has 0 N–H and O–H groups in total. The number of benzene rings is 2. The summed E-state index contributed by atoms with van der Waals surface area (Å²) in [5, 5.41) is 0. The van der Waals surface area contributed by atoms with E-state index in [2.05, 4.69) is 0 Å². The highest BCUT2D eigenvalue weighted by atomic mass is 19.1. The fraction of sp³-hybridized carbons (Fsp3) is 0.133. The first kappa shape index (κ1) is 15.2. The predicted octanol–water partition coefficient (Wildman–Crippen LogP) is 3.81. The van der Waals surface area contributed by atoms with Gasteiger partial charge in [0.25, 0.3) is 0 Å². The minimum atomic E-state index is -0.734. The molecule has 3 rings (SSSR count). The SMILES string of the molecule is Fc1cc(F)cc(C2CO2)c1.O=Cc1cc(F)cc(F)c1. The van der Waals surface area contributed by atoms with Gasteiger partial charge in [-0.15, -0.1) is 0 Å². The molecule has 1 unspecified atom stereocenters. The largest absolute Gasteiger partial charge is 0.368 e. The number of aldehydes is 1. The van der Waals surface area contributed by atoms with Crippen molar-refractivity contribution in [1.82, 2.24) is 0 Å². The van der Waals surface area contributed by atoms with Crippen molar-refractivity contribution < 1.29 is 27.1 Å². The van der Waals surface area contributed by atoms with Gasteiger partial charge in [0.05, 0.1) is 6.61 Å². The van der Waals surface area contributed by atoms with Gasteiger partial charge in [-0.05, 0) is 29.8 Å². The molecule has 1 aliphatic rings.